The first-order valence-electron chi connectivity index (χ1n) is 13.9. The zero-order chi connectivity index (χ0) is 30.7. The van der Waals surface area contributed by atoms with Gasteiger partial charge in [-0.05, 0) is 52.0 Å². The SMILES string of the molecule is CC(C)[N+]1(OC(=O)/C=C/C(=O)O[N+]2(C(C)C)CC(CCl)N(c3ccccc3)C2=N)CC(CCl)N(c2ccccc2)C1=N. The Morgan fingerprint density at radius 2 is 1.10 bits per heavy atom. The van der Waals surface area contributed by atoms with Crippen LogP contribution in [0.4, 0.5) is 11.4 Å². The van der Waals surface area contributed by atoms with Crippen molar-refractivity contribution in [2.75, 3.05) is 34.6 Å². The number of guanidine groups is 2. The van der Waals surface area contributed by atoms with Crippen molar-refractivity contribution in [3.05, 3.63) is 72.8 Å². The number of rotatable bonds is 10. The van der Waals surface area contributed by atoms with Gasteiger partial charge in [-0.2, -0.15) is 0 Å². The summed E-state index contributed by atoms with van der Waals surface area (Å²) in [7, 11) is 0. The number of para-hydroxylation sites is 2. The number of benzene rings is 2. The van der Waals surface area contributed by atoms with Crippen LogP contribution in [0.2, 0.25) is 0 Å². The number of hydrogen-bond donors (Lipinski definition) is 2. The molecule has 2 aliphatic heterocycles. The Labute approximate surface area is 256 Å². The molecule has 0 aromatic heterocycles. The predicted molar refractivity (Wildman–Crippen MR) is 164 cm³/mol. The van der Waals surface area contributed by atoms with Crippen LogP contribution in [-0.4, -0.2) is 82.2 Å². The Balaban J connectivity index is 1.52. The van der Waals surface area contributed by atoms with Gasteiger partial charge in [-0.15, -0.1) is 23.2 Å². The summed E-state index contributed by atoms with van der Waals surface area (Å²) < 4.78 is -0.769. The molecule has 2 heterocycles. The van der Waals surface area contributed by atoms with E-state index in [1.807, 2.05) is 88.4 Å². The number of anilines is 2. The molecule has 2 fully saturated rings. The van der Waals surface area contributed by atoms with E-state index in [9.17, 15) is 9.59 Å². The first-order chi connectivity index (χ1) is 20.0. The Kier molecular flexibility index (Phi) is 9.62. The second-order valence-electron chi connectivity index (χ2n) is 11.0. The lowest BCUT2D eigenvalue weighted by molar-refractivity contribution is -1.03. The van der Waals surface area contributed by atoms with Crippen LogP contribution in [0.5, 0.6) is 0 Å². The summed E-state index contributed by atoms with van der Waals surface area (Å²) in [5, 5.41) is 18.0. The number of nitrogens with zero attached hydrogens (tertiary/aromatic N) is 4. The average Bonchev–Trinajstić information content (AvgIpc) is 3.44. The Morgan fingerprint density at radius 3 is 1.38 bits per heavy atom. The van der Waals surface area contributed by atoms with Crippen LogP contribution < -0.4 is 9.80 Å². The summed E-state index contributed by atoms with van der Waals surface area (Å²) >= 11 is 12.6. The molecule has 224 valence electrons. The van der Waals surface area contributed by atoms with E-state index in [0.29, 0.717) is 0 Å². The van der Waals surface area contributed by atoms with Crippen molar-refractivity contribution >= 4 is 58.4 Å². The van der Waals surface area contributed by atoms with Gasteiger partial charge in [-0.3, -0.25) is 19.5 Å². The highest BCUT2D eigenvalue weighted by atomic mass is 35.5. The normalized spacial score (nSPS) is 26.1. The topological polar surface area (TPSA) is 107 Å². The molecule has 2 aliphatic rings. The highest BCUT2D eigenvalue weighted by Gasteiger charge is 2.57. The summed E-state index contributed by atoms with van der Waals surface area (Å²) in [6.07, 6.45) is 2.01. The van der Waals surface area contributed by atoms with Gasteiger partial charge in [-0.1, -0.05) is 45.7 Å². The third kappa shape index (κ3) is 5.76. The van der Waals surface area contributed by atoms with Gasteiger partial charge < -0.3 is 0 Å². The van der Waals surface area contributed by atoms with Crippen LogP contribution in [0.3, 0.4) is 0 Å². The predicted octanol–water partition coefficient (Wildman–Crippen LogP) is 5.03. The van der Waals surface area contributed by atoms with Gasteiger partial charge in [0, 0.05) is 35.3 Å². The fourth-order valence-corrected chi connectivity index (χ4v) is 6.02. The molecule has 0 bridgehead atoms. The molecule has 2 aromatic carbocycles. The van der Waals surface area contributed by atoms with Crippen LogP contribution >= 0.6 is 23.2 Å². The lowest BCUT2D eigenvalue weighted by Gasteiger charge is -2.32. The third-order valence-electron chi connectivity index (χ3n) is 7.82. The first kappa shape index (κ1) is 31.5. The molecule has 12 heteroatoms. The Morgan fingerprint density at radius 1 is 0.762 bits per heavy atom. The van der Waals surface area contributed by atoms with E-state index >= 15 is 0 Å². The molecule has 0 aliphatic carbocycles. The summed E-state index contributed by atoms with van der Waals surface area (Å²) in [4.78, 5) is 41.5. The Bertz CT molecular complexity index is 1240. The van der Waals surface area contributed by atoms with Crippen molar-refractivity contribution in [3.8, 4) is 0 Å². The van der Waals surface area contributed by atoms with Gasteiger partial charge in [0.2, 0.25) is 0 Å². The monoisotopic (exact) mass is 616 g/mol. The summed E-state index contributed by atoms with van der Waals surface area (Å²) in [6.45, 7) is 8.00. The molecule has 0 spiro atoms. The van der Waals surface area contributed by atoms with Crippen LogP contribution in [0, 0.1) is 10.8 Å². The van der Waals surface area contributed by atoms with Gasteiger partial charge in [-0.25, -0.2) is 20.4 Å². The summed E-state index contributed by atoms with van der Waals surface area (Å²) in [6, 6.07) is 17.6. The van der Waals surface area contributed by atoms with Gasteiger partial charge in [0.1, 0.15) is 37.3 Å². The molecule has 4 atom stereocenters. The molecule has 2 aromatic rings. The smallest absolute Gasteiger partial charge is 0.268 e. The fraction of sp³-hybridized carbons (Fsp3) is 0.400. The Hall–Kier alpha value is -3.44. The quantitative estimate of drug-likeness (QED) is 0.220. The molecule has 42 heavy (non-hydrogen) atoms. The standard InChI is InChI=1S/C30H38Cl2N6O4/c1-21(2)37(19-25(17-31)35(29(37)33)23-11-7-5-8-12-23)41-27(39)15-16-28(40)42-38(22(3)4)20-26(18-32)36(30(38)34)24-13-9-6-10-14-24/h5-16,21-22,25-26,33-34H,17-20H2,1-4H3/q+2/b16-15+,33-29?,34-30?. The largest absolute Gasteiger partial charge is 0.391 e. The molecule has 0 saturated carbocycles. The van der Waals surface area contributed by atoms with E-state index in [-0.39, 0.29) is 70.2 Å². The van der Waals surface area contributed by atoms with E-state index in [1.54, 1.807) is 9.80 Å². The van der Waals surface area contributed by atoms with Crippen LogP contribution in [0.15, 0.2) is 72.8 Å². The highest BCUT2D eigenvalue weighted by molar-refractivity contribution is 6.19. The lowest BCUT2D eigenvalue weighted by Crippen LogP contribution is -2.57. The molecule has 0 radical (unpaired) electrons. The first-order valence-corrected chi connectivity index (χ1v) is 15.0. The number of quaternary nitrogens is 2. The van der Waals surface area contributed by atoms with E-state index in [2.05, 4.69) is 0 Å². The van der Waals surface area contributed by atoms with E-state index < -0.39 is 11.9 Å². The minimum absolute atomic E-state index is 0.0779. The maximum absolute atomic E-state index is 13.1. The number of halogens is 2. The molecule has 2 N–H and O–H groups in total. The van der Waals surface area contributed by atoms with Gasteiger partial charge in [0.15, 0.2) is 0 Å². The van der Waals surface area contributed by atoms with Gasteiger partial charge in [0.05, 0.1) is 0 Å². The van der Waals surface area contributed by atoms with Crippen molar-refractivity contribution in [2.45, 2.75) is 51.9 Å². The minimum atomic E-state index is -0.800. The maximum Gasteiger partial charge on any atom is 0.391 e. The zero-order valence-corrected chi connectivity index (χ0v) is 25.8. The van der Waals surface area contributed by atoms with Crippen LogP contribution in [-0.2, 0) is 19.3 Å². The summed E-state index contributed by atoms with van der Waals surface area (Å²) in [5.41, 5.74) is 1.55. The number of hydroxylamine groups is 6. The second kappa shape index (κ2) is 12.8. The van der Waals surface area contributed by atoms with Crippen molar-refractivity contribution in [1.82, 2.24) is 0 Å². The van der Waals surface area contributed by atoms with Crippen molar-refractivity contribution in [1.29, 1.82) is 10.8 Å². The highest BCUT2D eigenvalue weighted by Crippen LogP contribution is 2.35. The van der Waals surface area contributed by atoms with Crippen molar-refractivity contribution in [2.24, 2.45) is 0 Å². The zero-order valence-electron chi connectivity index (χ0n) is 24.2. The number of hydrogen-bond acceptors (Lipinski definition) is 6. The van der Waals surface area contributed by atoms with E-state index in [4.69, 9.17) is 43.7 Å². The molecule has 4 unspecified atom stereocenters. The second-order valence-corrected chi connectivity index (χ2v) is 11.6. The number of nitrogens with one attached hydrogen (secondary N) is 2. The minimum Gasteiger partial charge on any atom is -0.268 e. The average molecular weight is 618 g/mol. The van der Waals surface area contributed by atoms with E-state index in [0.717, 1.165) is 23.5 Å². The molecule has 10 nitrogen and oxygen atoms in total. The maximum atomic E-state index is 13.1. The van der Waals surface area contributed by atoms with Crippen LogP contribution in [0.1, 0.15) is 27.7 Å². The van der Waals surface area contributed by atoms with Gasteiger partial charge >= 0.3 is 23.9 Å². The fourth-order valence-electron chi connectivity index (χ4n) is 5.55. The molecule has 2 saturated heterocycles. The number of carbonyl (C=O) groups is 2. The lowest BCUT2D eigenvalue weighted by atomic mass is 10.2. The number of alkyl halides is 2. The van der Waals surface area contributed by atoms with Crippen molar-refractivity contribution < 1.29 is 28.6 Å². The van der Waals surface area contributed by atoms with Crippen molar-refractivity contribution in [3.63, 3.8) is 0 Å². The molecule has 0 amide bonds. The third-order valence-corrected chi connectivity index (χ3v) is 8.53. The van der Waals surface area contributed by atoms with Crippen LogP contribution in [0.25, 0.3) is 0 Å². The molecular formula is C30H38Cl2N6O4+2. The van der Waals surface area contributed by atoms with E-state index in [1.165, 1.54) is 0 Å². The molecule has 4 rings (SSSR count). The summed E-state index contributed by atoms with van der Waals surface area (Å²) in [5.74, 6) is -0.984. The van der Waals surface area contributed by atoms with Gasteiger partial charge in [0.25, 0.3) is 0 Å². The number of carbonyl (C=O) groups excluding carboxylic acids is 2. The molecular weight excluding hydrogens is 579 g/mol.